The number of aryl methyl sites for hydroxylation is 2. The predicted molar refractivity (Wildman–Crippen MR) is 107 cm³/mol. The average Bonchev–Trinajstić information content (AvgIpc) is 2.67. The molecule has 27 heavy (non-hydrogen) atoms. The number of hydrogen-bond donors (Lipinski definition) is 2. The molecule has 0 aliphatic carbocycles. The van der Waals surface area contributed by atoms with Crippen molar-refractivity contribution < 1.29 is 4.74 Å². The Balaban J connectivity index is 1.87. The Labute approximate surface area is 158 Å². The van der Waals surface area contributed by atoms with Gasteiger partial charge in [-0.2, -0.15) is 10.2 Å². The number of ether oxygens (including phenoxy) is 1. The van der Waals surface area contributed by atoms with Crippen LogP contribution in [0.4, 0.5) is 17.2 Å². The lowest BCUT2D eigenvalue weighted by Gasteiger charge is -2.14. The van der Waals surface area contributed by atoms with Gasteiger partial charge in [0.2, 0.25) is 5.88 Å². The highest BCUT2D eigenvalue weighted by Gasteiger charge is 2.10. The van der Waals surface area contributed by atoms with Gasteiger partial charge in [0.25, 0.3) is 0 Å². The van der Waals surface area contributed by atoms with E-state index in [0.717, 1.165) is 28.1 Å². The molecule has 1 heterocycles. The normalized spacial score (nSPS) is 9.93. The third-order valence-electron chi connectivity index (χ3n) is 4.01. The molecule has 2 aromatic carbocycles. The lowest BCUT2D eigenvalue weighted by molar-refractivity contribution is 0.457. The van der Waals surface area contributed by atoms with Crippen LogP contribution < -0.4 is 15.8 Å². The maximum atomic E-state index is 8.89. The number of nitrogens with zero attached hydrogens (tertiary/aromatic N) is 2. The van der Waals surface area contributed by atoms with Crippen LogP contribution in [-0.4, -0.2) is 4.98 Å². The van der Waals surface area contributed by atoms with Gasteiger partial charge < -0.3 is 15.8 Å². The third kappa shape index (κ3) is 4.00. The lowest BCUT2D eigenvalue weighted by atomic mass is 10.1. The molecule has 0 bridgehead atoms. The SMILES string of the molecule is C#Cc1cc(C)c(Oc2ccc(N)c(Nc3ccc(C#N)cc3)n2)c(C)c1. The van der Waals surface area contributed by atoms with Gasteiger partial charge in [0.05, 0.1) is 17.3 Å². The number of nitriles is 1. The lowest BCUT2D eigenvalue weighted by Crippen LogP contribution is -2.01. The van der Waals surface area contributed by atoms with E-state index in [2.05, 4.69) is 22.3 Å². The van der Waals surface area contributed by atoms with Crippen LogP contribution >= 0.6 is 0 Å². The first-order valence-electron chi connectivity index (χ1n) is 8.29. The van der Waals surface area contributed by atoms with E-state index in [4.69, 9.17) is 22.2 Å². The van der Waals surface area contributed by atoms with Crippen LogP contribution in [0.25, 0.3) is 0 Å². The average molecular weight is 354 g/mol. The number of hydrogen-bond acceptors (Lipinski definition) is 5. The molecule has 5 nitrogen and oxygen atoms in total. The topological polar surface area (TPSA) is 84.0 Å². The Morgan fingerprint density at radius 3 is 2.30 bits per heavy atom. The van der Waals surface area contributed by atoms with Crippen molar-refractivity contribution in [3.05, 3.63) is 70.8 Å². The van der Waals surface area contributed by atoms with Crippen molar-refractivity contribution in [3.8, 4) is 30.0 Å². The minimum Gasteiger partial charge on any atom is -0.438 e. The Morgan fingerprint density at radius 1 is 1.04 bits per heavy atom. The summed E-state index contributed by atoms with van der Waals surface area (Å²) in [6.07, 6.45) is 5.48. The van der Waals surface area contributed by atoms with Gasteiger partial charge in [-0.05, 0) is 67.4 Å². The number of aromatic nitrogens is 1. The summed E-state index contributed by atoms with van der Waals surface area (Å²) in [5.74, 6) is 4.25. The fourth-order valence-electron chi connectivity index (χ4n) is 2.67. The van der Waals surface area contributed by atoms with Crippen molar-refractivity contribution in [1.29, 1.82) is 5.26 Å². The molecule has 3 rings (SSSR count). The molecule has 3 aromatic rings. The molecule has 0 unspecified atom stereocenters. The second-order valence-corrected chi connectivity index (χ2v) is 6.09. The molecular formula is C22H18N4O. The maximum absolute atomic E-state index is 8.89. The van der Waals surface area contributed by atoms with Crippen molar-refractivity contribution in [2.75, 3.05) is 11.1 Å². The van der Waals surface area contributed by atoms with Crippen molar-refractivity contribution in [2.45, 2.75) is 13.8 Å². The van der Waals surface area contributed by atoms with Gasteiger partial charge in [-0.1, -0.05) is 5.92 Å². The summed E-state index contributed by atoms with van der Waals surface area (Å²) in [5.41, 5.74) is 10.6. The molecule has 0 amide bonds. The monoisotopic (exact) mass is 354 g/mol. The van der Waals surface area contributed by atoms with Gasteiger partial charge in [-0.25, -0.2) is 0 Å². The van der Waals surface area contributed by atoms with Gasteiger partial charge in [-0.15, -0.1) is 6.42 Å². The summed E-state index contributed by atoms with van der Waals surface area (Å²) in [5, 5.41) is 12.0. The number of rotatable bonds is 4. The number of nitrogen functional groups attached to an aromatic ring is 1. The van der Waals surface area contributed by atoms with E-state index in [1.807, 2.05) is 26.0 Å². The molecule has 5 heteroatoms. The molecule has 0 spiro atoms. The molecule has 0 radical (unpaired) electrons. The highest BCUT2D eigenvalue weighted by atomic mass is 16.5. The zero-order chi connectivity index (χ0) is 19.4. The molecule has 132 valence electrons. The maximum Gasteiger partial charge on any atom is 0.221 e. The minimum absolute atomic E-state index is 0.417. The van der Waals surface area contributed by atoms with Gasteiger partial charge >= 0.3 is 0 Å². The van der Waals surface area contributed by atoms with Crippen LogP contribution in [0, 0.1) is 37.5 Å². The molecule has 1 aromatic heterocycles. The van der Waals surface area contributed by atoms with E-state index in [1.54, 1.807) is 36.4 Å². The van der Waals surface area contributed by atoms with E-state index in [9.17, 15) is 0 Å². The number of nitrogens with two attached hydrogens (primary N) is 1. The molecular weight excluding hydrogens is 336 g/mol. The largest absolute Gasteiger partial charge is 0.438 e. The molecule has 0 atom stereocenters. The Morgan fingerprint density at radius 2 is 1.70 bits per heavy atom. The first-order chi connectivity index (χ1) is 13.0. The highest BCUT2D eigenvalue weighted by Crippen LogP contribution is 2.31. The first kappa shape index (κ1) is 17.8. The zero-order valence-electron chi connectivity index (χ0n) is 15.1. The Hall–Kier alpha value is -3.96. The molecule has 3 N–H and O–H groups in total. The second kappa shape index (κ2) is 7.51. The summed E-state index contributed by atoms with van der Waals surface area (Å²) in [6, 6.07) is 16.4. The summed E-state index contributed by atoms with van der Waals surface area (Å²) in [4.78, 5) is 4.47. The van der Waals surface area contributed by atoms with Crippen molar-refractivity contribution in [3.63, 3.8) is 0 Å². The van der Waals surface area contributed by atoms with Crippen LogP contribution in [0.2, 0.25) is 0 Å². The summed E-state index contributed by atoms with van der Waals surface area (Å²) >= 11 is 0. The standard InChI is InChI=1S/C22H18N4O/c1-4-16-11-14(2)21(15(3)12-16)27-20-10-9-19(24)22(26-20)25-18-7-5-17(13-23)6-8-18/h1,5-12H,24H2,2-3H3,(H,25,26). The fourth-order valence-corrected chi connectivity index (χ4v) is 2.67. The van der Waals surface area contributed by atoms with Gasteiger partial charge in [0.1, 0.15) is 5.75 Å². The van der Waals surface area contributed by atoms with Crippen LogP contribution in [0.5, 0.6) is 11.6 Å². The van der Waals surface area contributed by atoms with E-state index < -0.39 is 0 Å². The molecule has 0 fully saturated rings. The molecule has 0 saturated heterocycles. The number of anilines is 3. The van der Waals surface area contributed by atoms with Crippen molar-refractivity contribution in [1.82, 2.24) is 4.98 Å². The van der Waals surface area contributed by atoms with Crippen LogP contribution in [-0.2, 0) is 0 Å². The predicted octanol–water partition coefficient (Wildman–Crippen LogP) is 4.67. The summed E-state index contributed by atoms with van der Waals surface area (Å²) < 4.78 is 5.99. The van der Waals surface area contributed by atoms with Crippen molar-refractivity contribution in [2.24, 2.45) is 0 Å². The smallest absolute Gasteiger partial charge is 0.221 e. The summed E-state index contributed by atoms with van der Waals surface area (Å²) in [6.45, 7) is 3.88. The van der Waals surface area contributed by atoms with E-state index in [1.165, 1.54) is 0 Å². The van der Waals surface area contributed by atoms with Gasteiger partial charge in [0, 0.05) is 17.3 Å². The number of benzene rings is 2. The summed E-state index contributed by atoms with van der Waals surface area (Å²) in [7, 11) is 0. The van der Waals surface area contributed by atoms with Crippen molar-refractivity contribution >= 4 is 17.2 Å². The number of pyridine rings is 1. The molecule has 0 aliphatic rings. The Bertz CT molecular complexity index is 1050. The quantitative estimate of drug-likeness (QED) is 0.665. The Kier molecular flexibility index (Phi) is 4.97. The number of nitrogens with one attached hydrogen (secondary N) is 1. The zero-order valence-corrected chi connectivity index (χ0v) is 15.1. The minimum atomic E-state index is 0.417. The molecule has 0 aliphatic heterocycles. The molecule has 0 saturated carbocycles. The first-order valence-corrected chi connectivity index (χ1v) is 8.29. The number of terminal acetylenes is 1. The van der Waals surface area contributed by atoms with E-state index in [0.29, 0.717) is 22.9 Å². The van der Waals surface area contributed by atoms with Gasteiger partial charge in [-0.3, -0.25) is 0 Å². The third-order valence-corrected chi connectivity index (χ3v) is 4.01. The van der Waals surface area contributed by atoms with Crippen LogP contribution in [0.1, 0.15) is 22.3 Å². The second-order valence-electron chi connectivity index (χ2n) is 6.09. The van der Waals surface area contributed by atoms with Crippen LogP contribution in [0.15, 0.2) is 48.5 Å². The van der Waals surface area contributed by atoms with Gasteiger partial charge in [0.15, 0.2) is 5.82 Å². The van der Waals surface area contributed by atoms with Crippen LogP contribution in [0.3, 0.4) is 0 Å². The van der Waals surface area contributed by atoms with E-state index in [-0.39, 0.29) is 0 Å². The highest BCUT2D eigenvalue weighted by molar-refractivity contribution is 5.69. The fraction of sp³-hybridized carbons (Fsp3) is 0.0909. The van der Waals surface area contributed by atoms with E-state index >= 15 is 0 Å².